The molecule has 4 heteroatoms. The average Bonchev–Trinajstić information content (AvgIpc) is 2.74. The van der Waals surface area contributed by atoms with Crippen molar-refractivity contribution in [2.45, 2.75) is 38.2 Å². The van der Waals surface area contributed by atoms with Crippen LogP contribution in [-0.2, 0) is 10.3 Å². The van der Waals surface area contributed by atoms with Crippen LogP contribution in [0, 0.1) is 0 Å². The third kappa shape index (κ3) is 5.34. The molecular weight excluding hydrogens is 350 g/mol. The molecule has 0 bridgehead atoms. The summed E-state index contributed by atoms with van der Waals surface area (Å²) in [7, 11) is 0. The summed E-state index contributed by atoms with van der Waals surface area (Å²) < 4.78 is 11.3. The zero-order chi connectivity index (χ0) is 19.8. The standard InChI is InChI=1S/C24H33NO3/c1-3-4-16-28-22-12-10-21(11-13-22)24(2,26)23(20-8-6-5-7-9-20)19-25-14-17-27-18-15-25/h5-13,23,26H,3-4,14-19H2,1-2H3/t23-,24+/m0/s1. The van der Waals surface area contributed by atoms with Crippen LogP contribution in [0.5, 0.6) is 5.75 Å². The Morgan fingerprint density at radius 1 is 1.07 bits per heavy atom. The Labute approximate surface area is 169 Å². The number of hydrogen-bond acceptors (Lipinski definition) is 4. The van der Waals surface area contributed by atoms with Crippen molar-refractivity contribution in [2.24, 2.45) is 0 Å². The Bertz CT molecular complexity index is 694. The lowest BCUT2D eigenvalue weighted by Gasteiger charge is -2.38. The maximum absolute atomic E-state index is 11.6. The monoisotopic (exact) mass is 383 g/mol. The van der Waals surface area contributed by atoms with E-state index in [-0.39, 0.29) is 5.92 Å². The van der Waals surface area contributed by atoms with Gasteiger partial charge in [0.1, 0.15) is 5.75 Å². The number of hydrogen-bond donors (Lipinski definition) is 1. The van der Waals surface area contributed by atoms with Gasteiger partial charge in [-0.15, -0.1) is 0 Å². The third-order valence-electron chi connectivity index (χ3n) is 5.63. The normalized spacial score (nSPS) is 18.4. The van der Waals surface area contributed by atoms with Crippen molar-refractivity contribution in [3.05, 3.63) is 65.7 Å². The van der Waals surface area contributed by atoms with Gasteiger partial charge in [0.05, 0.1) is 25.4 Å². The minimum atomic E-state index is -0.985. The molecule has 1 heterocycles. The van der Waals surface area contributed by atoms with E-state index in [4.69, 9.17) is 9.47 Å². The molecule has 1 aliphatic rings. The maximum atomic E-state index is 11.6. The fourth-order valence-corrected chi connectivity index (χ4v) is 3.76. The van der Waals surface area contributed by atoms with Crippen molar-refractivity contribution < 1.29 is 14.6 Å². The van der Waals surface area contributed by atoms with Crippen LogP contribution in [0.1, 0.15) is 43.7 Å². The molecule has 1 N–H and O–H groups in total. The summed E-state index contributed by atoms with van der Waals surface area (Å²) in [6, 6.07) is 18.3. The fourth-order valence-electron chi connectivity index (χ4n) is 3.76. The molecule has 2 aromatic rings. The Hall–Kier alpha value is -1.88. The molecule has 3 rings (SSSR count). The van der Waals surface area contributed by atoms with Crippen molar-refractivity contribution >= 4 is 0 Å². The number of nitrogens with zero attached hydrogens (tertiary/aromatic N) is 1. The van der Waals surface area contributed by atoms with Crippen LogP contribution in [-0.4, -0.2) is 49.5 Å². The van der Waals surface area contributed by atoms with Gasteiger partial charge in [0.25, 0.3) is 0 Å². The van der Waals surface area contributed by atoms with Crippen LogP contribution in [0.4, 0.5) is 0 Å². The molecule has 0 spiro atoms. The van der Waals surface area contributed by atoms with E-state index in [1.54, 1.807) is 0 Å². The predicted octanol–water partition coefficient (Wildman–Crippen LogP) is 4.19. The molecule has 0 aliphatic carbocycles. The highest BCUT2D eigenvalue weighted by atomic mass is 16.5. The number of ether oxygens (including phenoxy) is 2. The van der Waals surface area contributed by atoms with Crippen molar-refractivity contribution in [1.82, 2.24) is 4.90 Å². The summed E-state index contributed by atoms with van der Waals surface area (Å²) in [5.41, 5.74) is 1.08. The maximum Gasteiger partial charge on any atom is 0.119 e. The van der Waals surface area contributed by atoms with Crippen molar-refractivity contribution in [3.8, 4) is 5.75 Å². The van der Waals surface area contributed by atoms with Crippen LogP contribution >= 0.6 is 0 Å². The largest absolute Gasteiger partial charge is 0.494 e. The van der Waals surface area contributed by atoms with Crippen LogP contribution in [0.3, 0.4) is 0 Å². The lowest BCUT2D eigenvalue weighted by Crippen LogP contribution is -2.43. The lowest BCUT2D eigenvalue weighted by molar-refractivity contribution is -0.0107. The summed E-state index contributed by atoms with van der Waals surface area (Å²) >= 11 is 0. The van der Waals surface area contributed by atoms with Crippen molar-refractivity contribution in [1.29, 1.82) is 0 Å². The van der Waals surface area contributed by atoms with Gasteiger partial charge in [0, 0.05) is 25.6 Å². The average molecular weight is 384 g/mol. The molecule has 0 aromatic heterocycles. The van der Waals surface area contributed by atoms with Gasteiger partial charge < -0.3 is 14.6 Å². The Kier molecular flexibility index (Phi) is 7.49. The van der Waals surface area contributed by atoms with Gasteiger partial charge in [-0.05, 0) is 36.6 Å². The number of morpholine rings is 1. The molecule has 0 saturated carbocycles. The molecule has 1 fully saturated rings. The zero-order valence-electron chi connectivity index (χ0n) is 17.1. The second kappa shape index (κ2) is 10.1. The van der Waals surface area contributed by atoms with E-state index >= 15 is 0 Å². The second-order valence-electron chi connectivity index (χ2n) is 7.75. The second-order valence-corrected chi connectivity index (χ2v) is 7.75. The topological polar surface area (TPSA) is 41.9 Å². The van der Waals surface area contributed by atoms with Gasteiger partial charge in [-0.3, -0.25) is 4.90 Å². The van der Waals surface area contributed by atoms with Crippen LogP contribution in [0.2, 0.25) is 0 Å². The van der Waals surface area contributed by atoms with E-state index in [9.17, 15) is 5.11 Å². The summed E-state index contributed by atoms with van der Waals surface area (Å²) in [5, 5.41) is 11.6. The van der Waals surface area contributed by atoms with Crippen LogP contribution in [0.25, 0.3) is 0 Å². The van der Waals surface area contributed by atoms with Crippen LogP contribution in [0.15, 0.2) is 54.6 Å². The number of benzene rings is 2. The minimum Gasteiger partial charge on any atom is -0.494 e. The van der Waals surface area contributed by atoms with E-state index in [2.05, 4.69) is 24.0 Å². The highest BCUT2D eigenvalue weighted by molar-refractivity contribution is 5.35. The highest BCUT2D eigenvalue weighted by Crippen LogP contribution is 2.38. The molecule has 4 nitrogen and oxygen atoms in total. The van der Waals surface area contributed by atoms with Gasteiger partial charge in [0.2, 0.25) is 0 Å². The van der Waals surface area contributed by atoms with Crippen LogP contribution < -0.4 is 4.74 Å². The molecule has 0 radical (unpaired) electrons. The van der Waals surface area contributed by atoms with Crippen molar-refractivity contribution in [3.63, 3.8) is 0 Å². The Morgan fingerprint density at radius 2 is 1.75 bits per heavy atom. The molecule has 1 aliphatic heterocycles. The molecule has 28 heavy (non-hydrogen) atoms. The van der Waals surface area contributed by atoms with Crippen molar-refractivity contribution in [2.75, 3.05) is 39.5 Å². The first-order chi connectivity index (χ1) is 13.6. The lowest BCUT2D eigenvalue weighted by atomic mass is 9.78. The first-order valence-electron chi connectivity index (χ1n) is 10.4. The Balaban J connectivity index is 1.80. The number of unbranched alkanes of at least 4 members (excludes halogenated alkanes) is 1. The SMILES string of the molecule is CCCCOc1ccc([C@@](C)(O)[C@@H](CN2CCOCC2)c2ccccc2)cc1. The summed E-state index contributed by atoms with van der Waals surface area (Å²) in [6.45, 7) is 8.94. The van der Waals surface area contributed by atoms with E-state index < -0.39 is 5.60 Å². The summed E-state index contributed by atoms with van der Waals surface area (Å²) in [5.74, 6) is 0.830. The number of aliphatic hydroxyl groups is 1. The molecule has 2 aromatic carbocycles. The highest BCUT2D eigenvalue weighted by Gasteiger charge is 2.36. The van der Waals surface area contributed by atoms with E-state index in [1.165, 1.54) is 0 Å². The number of rotatable bonds is 9. The zero-order valence-corrected chi connectivity index (χ0v) is 17.1. The molecule has 1 saturated heterocycles. The molecule has 0 unspecified atom stereocenters. The van der Waals surface area contributed by atoms with Gasteiger partial charge in [-0.25, -0.2) is 0 Å². The third-order valence-corrected chi connectivity index (χ3v) is 5.63. The minimum absolute atomic E-state index is 0.0290. The predicted molar refractivity (Wildman–Crippen MR) is 113 cm³/mol. The molecule has 152 valence electrons. The quantitative estimate of drug-likeness (QED) is 0.660. The van der Waals surface area contributed by atoms with E-state index in [1.807, 2.05) is 49.4 Å². The fraction of sp³-hybridized carbons (Fsp3) is 0.500. The first-order valence-corrected chi connectivity index (χ1v) is 10.4. The molecule has 2 atom stereocenters. The van der Waals surface area contributed by atoms with E-state index in [0.29, 0.717) is 0 Å². The smallest absolute Gasteiger partial charge is 0.119 e. The van der Waals surface area contributed by atoms with Gasteiger partial charge >= 0.3 is 0 Å². The molecule has 0 amide bonds. The van der Waals surface area contributed by atoms with Gasteiger partial charge in [-0.2, -0.15) is 0 Å². The summed E-state index contributed by atoms with van der Waals surface area (Å²) in [6.07, 6.45) is 2.17. The van der Waals surface area contributed by atoms with Gasteiger partial charge in [-0.1, -0.05) is 55.8 Å². The van der Waals surface area contributed by atoms with Gasteiger partial charge in [0.15, 0.2) is 0 Å². The van der Waals surface area contributed by atoms with E-state index in [0.717, 1.165) is 69.2 Å². The Morgan fingerprint density at radius 3 is 2.39 bits per heavy atom. The first kappa shape index (κ1) is 20.8. The molecular formula is C24H33NO3. The summed E-state index contributed by atoms with van der Waals surface area (Å²) in [4.78, 5) is 2.39.